The molecule has 0 aliphatic carbocycles. The van der Waals surface area contributed by atoms with Crippen LogP contribution in [0.4, 0.5) is 0 Å². The molecule has 0 radical (unpaired) electrons. The molecule has 0 atom stereocenters. The van der Waals surface area contributed by atoms with Crippen LogP contribution in [-0.4, -0.2) is 24.6 Å². The number of pyridine rings is 1. The Hall–Kier alpha value is -2.40. The highest BCUT2D eigenvalue weighted by atomic mass is 16.5. The first-order valence-electron chi connectivity index (χ1n) is 6.64. The van der Waals surface area contributed by atoms with Crippen molar-refractivity contribution in [2.75, 3.05) is 13.7 Å². The summed E-state index contributed by atoms with van der Waals surface area (Å²) < 4.78 is 10.5. The molecule has 21 heavy (non-hydrogen) atoms. The summed E-state index contributed by atoms with van der Waals surface area (Å²) in [6, 6.07) is 11.3. The molecule has 1 aromatic heterocycles. The van der Waals surface area contributed by atoms with Gasteiger partial charge in [-0.1, -0.05) is 18.2 Å². The number of carbonyl (C=O) groups excluding carboxylic acids is 1. The summed E-state index contributed by atoms with van der Waals surface area (Å²) >= 11 is 0. The Morgan fingerprint density at radius 3 is 2.86 bits per heavy atom. The van der Waals surface area contributed by atoms with E-state index in [1.165, 1.54) is 0 Å². The van der Waals surface area contributed by atoms with Crippen molar-refractivity contribution in [3.63, 3.8) is 0 Å². The van der Waals surface area contributed by atoms with Gasteiger partial charge in [-0.2, -0.15) is 0 Å². The van der Waals surface area contributed by atoms with Crippen molar-refractivity contribution in [3.05, 3.63) is 59.9 Å². The normalized spacial score (nSPS) is 10.1. The molecule has 5 heteroatoms. The number of methoxy groups -OCH3 is 1. The average Bonchev–Trinajstić information content (AvgIpc) is 2.54. The molecule has 1 heterocycles. The van der Waals surface area contributed by atoms with Crippen molar-refractivity contribution < 1.29 is 14.3 Å². The lowest BCUT2D eigenvalue weighted by Gasteiger charge is -2.07. The van der Waals surface area contributed by atoms with Crippen molar-refractivity contribution in [2.24, 2.45) is 0 Å². The van der Waals surface area contributed by atoms with Gasteiger partial charge in [0, 0.05) is 18.9 Å². The largest absolute Gasteiger partial charge is 0.497 e. The second-order valence-corrected chi connectivity index (χ2v) is 4.48. The van der Waals surface area contributed by atoms with Crippen LogP contribution in [0.5, 0.6) is 5.75 Å². The Morgan fingerprint density at radius 2 is 2.10 bits per heavy atom. The standard InChI is InChI=1S/C16H18N2O3/c1-20-15-6-2-4-13(8-15)11-21-12-16(19)18-10-14-5-3-7-17-9-14/h2-9H,10-12H2,1H3,(H,18,19). The van der Waals surface area contributed by atoms with Crippen LogP contribution in [0.3, 0.4) is 0 Å². The van der Waals surface area contributed by atoms with Gasteiger partial charge in [0.2, 0.25) is 5.91 Å². The topological polar surface area (TPSA) is 60.5 Å². The number of aromatic nitrogens is 1. The first-order valence-corrected chi connectivity index (χ1v) is 6.64. The molecule has 2 rings (SSSR count). The van der Waals surface area contributed by atoms with Gasteiger partial charge in [0.25, 0.3) is 0 Å². The zero-order valence-corrected chi connectivity index (χ0v) is 11.9. The molecule has 0 saturated carbocycles. The molecule has 0 fully saturated rings. The van der Waals surface area contributed by atoms with Crippen molar-refractivity contribution in [1.29, 1.82) is 0 Å². The van der Waals surface area contributed by atoms with E-state index in [0.29, 0.717) is 13.2 Å². The van der Waals surface area contributed by atoms with Gasteiger partial charge in [0.1, 0.15) is 12.4 Å². The Balaban J connectivity index is 1.69. The fraction of sp³-hybridized carbons (Fsp3) is 0.250. The molecule has 0 spiro atoms. The number of ether oxygens (including phenoxy) is 2. The minimum Gasteiger partial charge on any atom is -0.497 e. The van der Waals surface area contributed by atoms with Crippen LogP contribution in [0.25, 0.3) is 0 Å². The number of benzene rings is 1. The van der Waals surface area contributed by atoms with Gasteiger partial charge < -0.3 is 14.8 Å². The van der Waals surface area contributed by atoms with E-state index in [-0.39, 0.29) is 12.5 Å². The quantitative estimate of drug-likeness (QED) is 0.845. The molecule has 0 aliphatic heterocycles. The summed E-state index contributed by atoms with van der Waals surface area (Å²) in [6.07, 6.45) is 3.42. The molecule has 0 saturated heterocycles. The second kappa shape index (κ2) is 8.01. The molecule has 0 aliphatic rings. The van der Waals surface area contributed by atoms with Crippen LogP contribution in [-0.2, 0) is 22.7 Å². The van der Waals surface area contributed by atoms with Crippen molar-refractivity contribution in [2.45, 2.75) is 13.2 Å². The van der Waals surface area contributed by atoms with Crippen LogP contribution >= 0.6 is 0 Å². The van der Waals surface area contributed by atoms with Crippen LogP contribution in [0.15, 0.2) is 48.8 Å². The van der Waals surface area contributed by atoms with Crippen molar-refractivity contribution >= 4 is 5.91 Å². The Labute approximate surface area is 123 Å². The molecule has 1 N–H and O–H groups in total. The number of rotatable bonds is 7. The van der Waals surface area contributed by atoms with Gasteiger partial charge in [-0.15, -0.1) is 0 Å². The maximum absolute atomic E-state index is 11.6. The van der Waals surface area contributed by atoms with Crippen molar-refractivity contribution in [3.8, 4) is 5.75 Å². The lowest BCUT2D eigenvalue weighted by Crippen LogP contribution is -2.27. The molecule has 2 aromatic rings. The van der Waals surface area contributed by atoms with E-state index in [1.807, 2.05) is 36.4 Å². The lowest BCUT2D eigenvalue weighted by atomic mass is 10.2. The summed E-state index contributed by atoms with van der Waals surface area (Å²) in [6.45, 7) is 0.851. The van der Waals surface area contributed by atoms with E-state index in [9.17, 15) is 4.79 Å². The maximum atomic E-state index is 11.6. The Morgan fingerprint density at radius 1 is 1.24 bits per heavy atom. The van der Waals surface area contributed by atoms with Gasteiger partial charge in [0.05, 0.1) is 13.7 Å². The van der Waals surface area contributed by atoms with Crippen LogP contribution < -0.4 is 10.1 Å². The SMILES string of the molecule is COc1cccc(COCC(=O)NCc2cccnc2)c1. The van der Waals surface area contributed by atoms with Gasteiger partial charge in [0.15, 0.2) is 0 Å². The predicted molar refractivity (Wildman–Crippen MR) is 78.7 cm³/mol. The summed E-state index contributed by atoms with van der Waals surface area (Å²) in [5, 5.41) is 2.78. The number of hydrogen-bond donors (Lipinski definition) is 1. The molecule has 110 valence electrons. The van der Waals surface area contributed by atoms with Crippen molar-refractivity contribution in [1.82, 2.24) is 10.3 Å². The Bertz CT molecular complexity index is 573. The Kier molecular flexibility index (Phi) is 5.72. The van der Waals surface area contributed by atoms with Crippen LogP contribution in [0, 0.1) is 0 Å². The van der Waals surface area contributed by atoms with Gasteiger partial charge in [-0.3, -0.25) is 9.78 Å². The third-order valence-corrected chi connectivity index (χ3v) is 2.85. The maximum Gasteiger partial charge on any atom is 0.246 e. The fourth-order valence-corrected chi connectivity index (χ4v) is 1.78. The molecule has 5 nitrogen and oxygen atoms in total. The smallest absolute Gasteiger partial charge is 0.246 e. The van der Waals surface area contributed by atoms with E-state index in [0.717, 1.165) is 16.9 Å². The first kappa shape index (κ1) is 15.0. The molecular formula is C16H18N2O3. The zero-order chi connectivity index (χ0) is 14.9. The van der Waals surface area contributed by atoms with E-state index >= 15 is 0 Å². The second-order valence-electron chi connectivity index (χ2n) is 4.48. The van der Waals surface area contributed by atoms with E-state index in [1.54, 1.807) is 19.5 Å². The van der Waals surface area contributed by atoms with E-state index in [2.05, 4.69) is 10.3 Å². The summed E-state index contributed by atoms with van der Waals surface area (Å²) in [4.78, 5) is 15.6. The highest BCUT2D eigenvalue weighted by molar-refractivity contribution is 5.77. The highest BCUT2D eigenvalue weighted by Gasteiger charge is 2.02. The fourth-order valence-electron chi connectivity index (χ4n) is 1.78. The summed E-state index contributed by atoms with van der Waals surface area (Å²) in [5.41, 5.74) is 1.92. The lowest BCUT2D eigenvalue weighted by molar-refractivity contribution is -0.126. The summed E-state index contributed by atoms with van der Waals surface area (Å²) in [5.74, 6) is 0.624. The predicted octanol–water partition coefficient (Wildman–Crippen LogP) is 1.92. The summed E-state index contributed by atoms with van der Waals surface area (Å²) in [7, 11) is 1.62. The number of hydrogen-bond acceptors (Lipinski definition) is 4. The molecule has 1 amide bonds. The number of nitrogens with zero attached hydrogens (tertiary/aromatic N) is 1. The minimum absolute atomic E-state index is 0.0253. The number of amides is 1. The molecular weight excluding hydrogens is 268 g/mol. The highest BCUT2D eigenvalue weighted by Crippen LogP contribution is 2.13. The van der Waals surface area contributed by atoms with Gasteiger partial charge in [-0.25, -0.2) is 0 Å². The van der Waals surface area contributed by atoms with E-state index < -0.39 is 0 Å². The zero-order valence-electron chi connectivity index (χ0n) is 11.9. The van der Waals surface area contributed by atoms with Gasteiger partial charge >= 0.3 is 0 Å². The minimum atomic E-state index is -0.151. The van der Waals surface area contributed by atoms with Crippen LogP contribution in [0.2, 0.25) is 0 Å². The monoisotopic (exact) mass is 286 g/mol. The molecule has 0 unspecified atom stereocenters. The third-order valence-electron chi connectivity index (χ3n) is 2.85. The van der Waals surface area contributed by atoms with E-state index in [4.69, 9.17) is 9.47 Å². The number of carbonyl (C=O) groups is 1. The van der Waals surface area contributed by atoms with Gasteiger partial charge in [-0.05, 0) is 29.3 Å². The average molecular weight is 286 g/mol. The molecule has 0 bridgehead atoms. The number of nitrogens with one attached hydrogen (secondary N) is 1. The van der Waals surface area contributed by atoms with Crippen LogP contribution in [0.1, 0.15) is 11.1 Å². The molecule has 1 aromatic carbocycles. The first-order chi connectivity index (χ1) is 10.3. The third kappa shape index (κ3) is 5.24.